The van der Waals surface area contributed by atoms with Crippen LogP contribution >= 0.6 is 0 Å². The first-order chi connectivity index (χ1) is 9.92. The van der Waals surface area contributed by atoms with Gasteiger partial charge in [0.15, 0.2) is 0 Å². The Morgan fingerprint density at radius 2 is 1.76 bits per heavy atom. The lowest BCUT2D eigenvalue weighted by Crippen LogP contribution is -2.24. The van der Waals surface area contributed by atoms with E-state index in [0.717, 1.165) is 11.1 Å². The van der Waals surface area contributed by atoms with Gasteiger partial charge in [-0.3, -0.25) is 0 Å². The number of nitrogens with zero attached hydrogens (tertiary/aromatic N) is 1. The van der Waals surface area contributed by atoms with E-state index < -0.39 is 10.0 Å². The van der Waals surface area contributed by atoms with E-state index >= 15 is 0 Å². The highest BCUT2D eigenvalue weighted by Gasteiger charge is 2.16. The van der Waals surface area contributed by atoms with Gasteiger partial charge in [-0.2, -0.15) is 5.26 Å². The van der Waals surface area contributed by atoms with E-state index in [4.69, 9.17) is 5.26 Å². The van der Waals surface area contributed by atoms with Gasteiger partial charge >= 0.3 is 0 Å². The SMILES string of the molecule is Cc1ccc(C)c(S(=O)(=O)NCc2ccc(C#N)cc2)c1. The van der Waals surface area contributed by atoms with Crippen molar-refractivity contribution < 1.29 is 8.42 Å². The van der Waals surface area contributed by atoms with Crippen molar-refractivity contribution in [2.45, 2.75) is 25.3 Å². The summed E-state index contributed by atoms with van der Waals surface area (Å²) in [7, 11) is -3.54. The van der Waals surface area contributed by atoms with Gasteiger partial charge in [0, 0.05) is 6.54 Å². The fraction of sp³-hybridized carbons (Fsp3) is 0.188. The van der Waals surface area contributed by atoms with Crippen LogP contribution in [0.2, 0.25) is 0 Å². The molecule has 0 saturated carbocycles. The number of benzene rings is 2. The molecule has 0 spiro atoms. The topological polar surface area (TPSA) is 70.0 Å². The smallest absolute Gasteiger partial charge is 0.207 e. The number of aryl methyl sites for hydroxylation is 2. The molecule has 0 aliphatic rings. The number of nitriles is 1. The Labute approximate surface area is 125 Å². The van der Waals surface area contributed by atoms with Crippen LogP contribution in [0.5, 0.6) is 0 Å². The predicted octanol–water partition coefficient (Wildman–Crippen LogP) is 2.65. The Balaban J connectivity index is 2.17. The van der Waals surface area contributed by atoms with Gasteiger partial charge in [0.2, 0.25) is 10.0 Å². The molecule has 0 saturated heterocycles. The Kier molecular flexibility index (Phi) is 4.41. The molecule has 5 heteroatoms. The van der Waals surface area contributed by atoms with Crippen LogP contribution in [-0.2, 0) is 16.6 Å². The summed E-state index contributed by atoms with van der Waals surface area (Å²) in [6.07, 6.45) is 0. The van der Waals surface area contributed by atoms with E-state index in [0.29, 0.717) is 16.0 Å². The Morgan fingerprint density at radius 3 is 2.38 bits per heavy atom. The number of sulfonamides is 1. The molecule has 0 heterocycles. The molecular formula is C16H16N2O2S. The van der Waals surface area contributed by atoms with Crippen molar-refractivity contribution in [2.75, 3.05) is 0 Å². The lowest BCUT2D eigenvalue weighted by molar-refractivity contribution is 0.580. The zero-order valence-electron chi connectivity index (χ0n) is 11.9. The average molecular weight is 300 g/mol. The van der Waals surface area contributed by atoms with Gasteiger partial charge in [-0.15, -0.1) is 0 Å². The number of hydrogen-bond donors (Lipinski definition) is 1. The maximum Gasteiger partial charge on any atom is 0.241 e. The molecule has 2 rings (SSSR count). The molecule has 21 heavy (non-hydrogen) atoms. The van der Waals surface area contributed by atoms with Crippen molar-refractivity contribution in [1.82, 2.24) is 4.72 Å². The van der Waals surface area contributed by atoms with Crippen LogP contribution in [0.4, 0.5) is 0 Å². The quantitative estimate of drug-likeness (QED) is 0.943. The second-order valence-electron chi connectivity index (χ2n) is 4.90. The average Bonchev–Trinajstić information content (AvgIpc) is 2.48. The molecule has 0 aliphatic heterocycles. The van der Waals surface area contributed by atoms with Gasteiger partial charge in [-0.05, 0) is 48.7 Å². The summed E-state index contributed by atoms with van der Waals surface area (Å²) in [5.41, 5.74) is 2.98. The molecule has 2 aromatic carbocycles. The second kappa shape index (κ2) is 6.08. The Bertz CT molecular complexity index is 788. The van der Waals surface area contributed by atoms with Crippen LogP contribution in [0.15, 0.2) is 47.4 Å². The summed E-state index contributed by atoms with van der Waals surface area (Å²) in [6, 6.07) is 14.2. The molecule has 0 atom stereocenters. The maximum absolute atomic E-state index is 12.3. The van der Waals surface area contributed by atoms with Crippen LogP contribution in [0.3, 0.4) is 0 Å². The largest absolute Gasteiger partial charge is 0.241 e. The normalized spacial score (nSPS) is 11.1. The molecule has 0 fully saturated rings. The van der Waals surface area contributed by atoms with Crippen molar-refractivity contribution in [3.8, 4) is 6.07 Å². The molecule has 0 amide bonds. The second-order valence-corrected chi connectivity index (χ2v) is 6.64. The van der Waals surface area contributed by atoms with Crippen LogP contribution in [0.25, 0.3) is 0 Å². The molecular weight excluding hydrogens is 284 g/mol. The first-order valence-corrected chi connectivity index (χ1v) is 7.96. The third-order valence-electron chi connectivity index (χ3n) is 3.18. The van der Waals surface area contributed by atoms with E-state index in [1.54, 1.807) is 43.3 Å². The molecule has 0 unspecified atom stereocenters. The van der Waals surface area contributed by atoms with Gasteiger partial charge in [-0.25, -0.2) is 13.1 Å². The van der Waals surface area contributed by atoms with E-state index in [9.17, 15) is 8.42 Å². The minimum Gasteiger partial charge on any atom is -0.207 e. The van der Waals surface area contributed by atoms with Gasteiger partial charge in [-0.1, -0.05) is 24.3 Å². The standard InChI is InChI=1S/C16H16N2O2S/c1-12-3-4-13(2)16(9-12)21(19,20)18-11-15-7-5-14(10-17)6-8-15/h3-9,18H,11H2,1-2H3. The van der Waals surface area contributed by atoms with Crippen LogP contribution in [-0.4, -0.2) is 8.42 Å². The Hall–Kier alpha value is -2.16. The van der Waals surface area contributed by atoms with E-state index in [1.807, 2.05) is 19.1 Å². The summed E-state index contributed by atoms with van der Waals surface area (Å²) in [4.78, 5) is 0.302. The third-order valence-corrected chi connectivity index (χ3v) is 4.73. The molecule has 0 aliphatic carbocycles. The highest BCUT2D eigenvalue weighted by Crippen LogP contribution is 2.17. The first-order valence-electron chi connectivity index (χ1n) is 6.48. The van der Waals surface area contributed by atoms with Gasteiger partial charge in [0.25, 0.3) is 0 Å². The van der Waals surface area contributed by atoms with Crippen LogP contribution in [0, 0.1) is 25.2 Å². The maximum atomic E-state index is 12.3. The summed E-state index contributed by atoms with van der Waals surface area (Å²) in [5, 5.41) is 8.73. The van der Waals surface area contributed by atoms with Gasteiger partial charge in [0.1, 0.15) is 0 Å². The summed E-state index contributed by atoms with van der Waals surface area (Å²) in [5.74, 6) is 0. The van der Waals surface area contributed by atoms with E-state index in [2.05, 4.69) is 4.72 Å². The molecule has 0 bridgehead atoms. The van der Waals surface area contributed by atoms with E-state index in [-0.39, 0.29) is 6.54 Å². The van der Waals surface area contributed by atoms with Crippen LogP contribution in [0.1, 0.15) is 22.3 Å². The third kappa shape index (κ3) is 3.69. The minimum absolute atomic E-state index is 0.196. The van der Waals surface area contributed by atoms with Crippen molar-refractivity contribution >= 4 is 10.0 Å². The monoisotopic (exact) mass is 300 g/mol. The van der Waals surface area contributed by atoms with Crippen molar-refractivity contribution in [1.29, 1.82) is 5.26 Å². The molecule has 4 nitrogen and oxygen atoms in total. The number of rotatable bonds is 4. The number of hydrogen-bond acceptors (Lipinski definition) is 3. The summed E-state index contributed by atoms with van der Waals surface area (Å²) < 4.78 is 27.3. The fourth-order valence-electron chi connectivity index (χ4n) is 1.95. The fourth-order valence-corrected chi connectivity index (χ4v) is 3.30. The first kappa shape index (κ1) is 15.2. The minimum atomic E-state index is -3.54. The molecule has 2 aromatic rings. The molecule has 108 valence electrons. The zero-order chi connectivity index (χ0) is 15.5. The van der Waals surface area contributed by atoms with Crippen LogP contribution < -0.4 is 4.72 Å². The highest BCUT2D eigenvalue weighted by molar-refractivity contribution is 7.89. The molecule has 1 N–H and O–H groups in total. The van der Waals surface area contributed by atoms with Gasteiger partial charge in [0.05, 0.1) is 16.5 Å². The lowest BCUT2D eigenvalue weighted by atomic mass is 10.1. The highest BCUT2D eigenvalue weighted by atomic mass is 32.2. The number of nitrogens with one attached hydrogen (secondary N) is 1. The van der Waals surface area contributed by atoms with Gasteiger partial charge < -0.3 is 0 Å². The lowest BCUT2D eigenvalue weighted by Gasteiger charge is -2.10. The van der Waals surface area contributed by atoms with E-state index in [1.165, 1.54) is 0 Å². The Morgan fingerprint density at radius 1 is 1.10 bits per heavy atom. The molecule has 0 aromatic heterocycles. The summed E-state index contributed by atoms with van der Waals surface area (Å²) in [6.45, 7) is 3.83. The summed E-state index contributed by atoms with van der Waals surface area (Å²) >= 11 is 0. The van der Waals surface area contributed by atoms with Crippen molar-refractivity contribution in [3.05, 3.63) is 64.7 Å². The molecule has 0 radical (unpaired) electrons. The predicted molar refractivity (Wildman–Crippen MR) is 81.1 cm³/mol. The van der Waals surface area contributed by atoms with Crippen molar-refractivity contribution in [2.24, 2.45) is 0 Å². The zero-order valence-corrected chi connectivity index (χ0v) is 12.7. The van der Waals surface area contributed by atoms with Crippen molar-refractivity contribution in [3.63, 3.8) is 0 Å².